The number of benzene rings is 1. The van der Waals surface area contributed by atoms with Gasteiger partial charge in [0.1, 0.15) is 16.9 Å². The fraction of sp³-hybridized carbons (Fsp3) is 0.250. The molecule has 0 aliphatic carbocycles. The lowest BCUT2D eigenvalue weighted by atomic mass is 10.0. The number of aromatic nitrogens is 1. The maximum atomic E-state index is 12.7. The quantitative estimate of drug-likeness (QED) is 0.565. The molecule has 1 aliphatic heterocycles. The van der Waals surface area contributed by atoms with Gasteiger partial charge in [0.2, 0.25) is 0 Å². The lowest BCUT2D eigenvalue weighted by molar-refractivity contribution is -0.161. The molecular formula is C20H14ClF3N2O4. The summed E-state index contributed by atoms with van der Waals surface area (Å²) in [5, 5.41) is 0.561. The third kappa shape index (κ3) is 4.11. The van der Waals surface area contributed by atoms with Crippen LogP contribution in [0.2, 0.25) is 5.02 Å². The third-order valence-electron chi connectivity index (χ3n) is 4.65. The summed E-state index contributed by atoms with van der Waals surface area (Å²) in [5.74, 6) is -1.04. The van der Waals surface area contributed by atoms with Crippen molar-refractivity contribution in [3.8, 4) is 0 Å². The first kappa shape index (κ1) is 20.2. The highest BCUT2D eigenvalue weighted by Gasteiger charge is 2.31. The Bertz CT molecular complexity index is 1140. The topological polar surface area (TPSA) is 72.6 Å². The van der Waals surface area contributed by atoms with Crippen molar-refractivity contribution in [2.75, 3.05) is 13.2 Å². The number of ether oxygens (including phenoxy) is 1. The summed E-state index contributed by atoms with van der Waals surface area (Å²) in [6, 6.07) is 6.09. The third-order valence-corrected chi connectivity index (χ3v) is 4.86. The van der Waals surface area contributed by atoms with Gasteiger partial charge in [0.15, 0.2) is 6.61 Å². The molecule has 0 unspecified atom stereocenters. The molecule has 0 N–H and O–H groups in total. The van der Waals surface area contributed by atoms with Crippen molar-refractivity contribution in [2.45, 2.75) is 19.1 Å². The molecule has 30 heavy (non-hydrogen) atoms. The first-order valence-electron chi connectivity index (χ1n) is 8.89. The Labute approximate surface area is 173 Å². The molecular weight excluding hydrogens is 425 g/mol. The zero-order valence-corrected chi connectivity index (χ0v) is 16.1. The number of esters is 1. The molecule has 3 aromatic rings. The van der Waals surface area contributed by atoms with Gasteiger partial charge < -0.3 is 14.1 Å². The second kappa shape index (κ2) is 7.64. The van der Waals surface area contributed by atoms with Crippen LogP contribution in [0.5, 0.6) is 0 Å². The largest absolute Gasteiger partial charge is 0.458 e. The summed E-state index contributed by atoms with van der Waals surface area (Å²) in [5.41, 5.74) is 1.26. The molecule has 4 rings (SSSR count). The summed E-state index contributed by atoms with van der Waals surface area (Å²) in [4.78, 5) is 30.4. The van der Waals surface area contributed by atoms with E-state index in [4.69, 9.17) is 16.0 Å². The fourth-order valence-corrected chi connectivity index (χ4v) is 3.55. The molecule has 1 aliphatic rings. The van der Waals surface area contributed by atoms with E-state index in [9.17, 15) is 22.8 Å². The zero-order chi connectivity index (χ0) is 21.5. The van der Waals surface area contributed by atoms with Crippen LogP contribution in [0.1, 0.15) is 32.0 Å². The van der Waals surface area contributed by atoms with E-state index in [-0.39, 0.29) is 28.6 Å². The van der Waals surface area contributed by atoms with Gasteiger partial charge in [0, 0.05) is 29.3 Å². The maximum Gasteiger partial charge on any atom is 0.422 e. The van der Waals surface area contributed by atoms with E-state index in [0.29, 0.717) is 29.7 Å². The number of amides is 1. The highest BCUT2D eigenvalue weighted by molar-refractivity contribution is 6.32. The summed E-state index contributed by atoms with van der Waals surface area (Å²) in [7, 11) is 0. The molecule has 0 atom stereocenters. The first-order valence-corrected chi connectivity index (χ1v) is 9.27. The van der Waals surface area contributed by atoms with Crippen LogP contribution in [0.25, 0.3) is 11.0 Å². The van der Waals surface area contributed by atoms with Crippen molar-refractivity contribution >= 4 is 34.4 Å². The lowest BCUT2D eigenvalue weighted by Crippen LogP contribution is -2.37. The van der Waals surface area contributed by atoms with Crippen molar-refractivity contribution in [3.63, 3.8) is 0 Å². The van der Waals surface area contributed by atoms with Gasteiger partial charge in [-0.05, 0) is 36.2 Å². The van der Waals surface area contributed by atoms with Gasteiger partial charge in [-0.1, -0.05) is 11.6 Å². The van der Waals surface area contributed by atoms with Crippen LogP contribution in [0.4, 0.5) is 13.2 Å². The number of hydrogen-bond donors (Lipinski definition) is 0. The summed E-state index contributed by atoms with van der Waals surface area (Å²) in [6.07, 6.45) is -0.854. The Balaban J connectivity index is 1.60. The van der Waals surface area contributed by atoms with E-state index in [2.05, 4.69) is 9.72 Å². The van der Waals surface area contributed by atoms with E-state index < -0.39 is 18.8 Å². The molecule has 0 spiro atoms. The average Bonchev–Trinajstić information content (AvgIpc) is 3.09. The van der Waals surface area contributed by atoms with Gasteiger partial charge >= 0.3 is 12.1 Å². The molecule has 10 heteroatoms. The number of halogens is 4. The Morgan fingerprint density at radius 2 is 2.10 bits per heavy atom. The summed E-state index contributed by atoms with van der Waals surface area (Å²) >= 11 is 6.00. The van der Waals surface area contributed by atoms with E-state index >= 15 is 0 Å². The number of rotatable bonds is 4. The monoisotopic (exact) mass is 438 g/mol. The minimum atomic E-state index is -4.65. The summed E-state index contributed by atoms with van der Waals surface area (Å²) < 4.78 is 47.1. The number of carbonyl (C=O) groups excluding carboxylic acids is 2. The highest BCUT2D eigenvalue weighted by atomic mass is 35.5. The lowest BCUT2D eigenvalue weighted by Gasteiger charge is -2.27. The first-order chi connectivity index (χ1) is 14.2. The van der Waals surface area contributed by atoms with Gasteiger partial charge in [-0.3, -0.25) is 9.78 Å². The van der Waals surface area contributed by atoms with E-state index in [1.165, 1.54) is 18.3 Å². The van der Waals surface area contributed by atoms with Crippen molar-refractivity contribution in [1.82, 2.24) is 9.88 Å². The molecule has 0 bridgehead atoms. The van der Waals surface area contributed by atoms with Crippen LogP contribution < -0.4 is 0 Å². The number of furan rings is 1. The van der Waals surface area contributed by atoms with Gasteiger partial charge in [0.25, 0.3) is 5.91 Å². The predicted molar refractivity (Wildman–Crippen MR) is 100 cm³/mol. The predicted octanol–water partition coefficient (Wildman–Crippen LogP) is 4.40. The molecule has 6 nitrogen and oxygen atoms in total. The highest BCUT2D eigenvalue weighted by Crippen LogP contribution is 2.30. The molecule has 0 fully saturated rings. The van der Waals surface area contributed by atoms with Gasteiger partial charge in [-0.25, -0.2) is 4.79 Å². The standard InChI is InChI=1S/C20H14ClF3N2O4/c21-13-5-12-6-14(9-26-4-2-11-1-3-25-8-16(11)18(26)27)30-17(12)15(7-13)19(28)29-10-20(22,23)24/h1,3,5-8H,2,4,9-10H2. The Kier molecular flexibility index (Phi) is 5.15. The molecule has 2 aromatic heterocycles. The van der Waals surface area contributed by atoms with Crippen LogP contribution in [-0.4, -0.2) is 41.1 Å². The van der Waals surface area contributed by atoms with E-state index in [0.717, 1.165) is 5.56 Å². The van der Waals surface area contributed by atoms with Crippen LogP contribution in [-0.2, 0) is 17.7 Å². The number of hydrogen-bond acceptors (Lipinski definition) is 5. The molecule has 0 saturated heterocycles. The van der Waals surface area contributed by atoms with Gasteiger partial charge in [0.05, 0.1) is 12.1 Å². The van der Waals surface area contributed by atoms with E-state index in [1.807, 2.05) is 0 Å². The Hall–Kier alpha value is -3.07. The molecule has 1 aromatic carbocycles. The van der Waals surface area contributed by atoms with Gasteiger partial charge in [-0.15, -0.1) is 0 Å². The summed E-state index contributed by atoms with van der Waals surface area (Å²) in [6.45, 7) is -1.13. The molecule has 0 saturated carbocycles. The van der Waals surface area contributed by atoms with Crippen molar-refractivity contribution in [1.29, 1.82) is 0 Å². The molecule has 0 radical (unpaired) electrons. The SMILES string of the molecule is O=C(OCC(F)(F)F)c1cc(Cl)cc2cc(CN3CCc4ccncc4C3=O)oc12. The Morgan fingerprint density at radius 3 is 2.87 bits per heavy atom. The van der Waals surface area contributed by atoms with Crippen LogP contribution in [0, 0.1) is 0 Å². The molecule has 156 valence electrons. The van der Waals surface area contributed by atoms with Crippen LogP contribution >= 0.6 is 11.6 Å². The number of alkyl halides is 3. The normalized spacial score (nSPS) is 14.1. The van der Waals surface area contributed by atoms with E-state index in [1.54, 1.807) is 23.2 Å². The molecule has 3 heterocycles. The average molecular weight is 439 g/mol. The zero-order valence-electron chi connectivity index (χ0n) is 15.3. The minimum absolute atomic E-state index is 0.0492. The second-order valence-electron chi connectivity index (χ2n) is 6.79. The smallest absolute Gasteiger partial charge is 0.422 e. The van der Waals surface area contributed by atoms with Crippen LogP contribution in [0.3, 0.4) is 0 Å². The van der Waals surface area contributed by atoms with Crippen molar-refractivity contribution in [3.05, 3.63) is 64.1 Å². The Morgan fingerprint density at radius 1 is 1.30 bits per heavy atom. The fourth-order valence-electron chi connectivity index (χ4n) is 3.32. The number of pyridine rings is 1. The van der Waals surface area contributed by atoms with Crippen molar-refractivity contribution < 1.29 is 31.9 Å². The number of fused-ring (bicyclic) bond motifs is 2. The van der Waals surface area contributed by atoms with Gasteiger partial charge in [-0.2, -0.15) is 13.2 Å². The van der Waals surface area contributed by atoms with Crippen LogP contribution in [0.15, 0.2) is 41.1 Å². The van der Waals surface area contributed by atoms with Crippen molar-refractivity contribution in [2.24, 2.45) is 0 Å². The number of nitrogens with zero attached hydrogens (tertiary/aromatic N) is 2. The number of carbonyl (C=O) groups is 2. The molecule has 1 amide bonds. The maximum absolute atomic E-state index is 12.7. The minimum Gasteiger partial charge on any atom is -0.458 e. The second-order valence-corrected chi connectivity index (χ2v) is 7.22.